The van der Waals surface area contributed by atoms with Crippen molar-refractivity contribution in [2.45, 2.75) is 13.0 Å². The minimum atomic E-state index is -0.470. The van der Waals surface area contributed by atoms with E-state index >= 15 is 0 Å². The topological polar surface area (TPSA) is 67.4 Å². The molecule has 0 radical (unpaired) electrons. The number of allylic oxidation sites excluding steroid dienone is 1. The van der Waals surface area contributed by atoms with Crippen LogP contribution in [0, 0.1) is 0 Å². The van der Waals surface area contributed by atoms with Crippen molar-refractivity contribution in [1.29, 1.82) is 0 Å². The fourth-order valence-electron chi connectivity index (χ4n) is 1.77. The van der Waals surface area contributed by atoms with Gasteiger partial charge in [0.1, 0.15) is 0 Å². The van der Waals surface area contributed by atoms with Crippen LogP contribution in [-0.4, -0.2) is 19.1 Å². The molecule has 0 bridgehead atoms. The van der Waals surface area contributed by atoms with Gasteiger partial charge in [-0.3, -0.25) is 0 Å². The summed E-state index contributed by atoms with van der Waals surface area (Å²) in [5, 5.41) is 7.19. The second kappa shape index (κ2) is 5.11. The number of esters is 1. The van der Waals surface area contributed by atoms with E-state index in [9.17, 15) is 9.59 Å². The predicted octanol–water partition coefficient (Wildman–Crippen LogP) is 2.31. The molecule has 0 fully saturated rings. The number of hydrogen-bond acceptors (Lipinski definition) is 4. The third-order valence-electron chi connectivity index (χ3n) is 2.55. The zero-order valence-corrected chi connectivity index (χ0v) is 12.1. The van der Waals surface area contributed by atoms with Crippen LogP contribution >= 0.6 is 27.3 Å². The van der Waals surface area contributed by atoms with Gasteiger partial charge in [-0.15, -0.1) is 11.3 Å². The fourth-order valence-corrected chi connectivity index (χ4v) is 3.27. The zero-order chi connectivity index (χ0) is 13.3. The maximum atomic E-state index is 11.8. The molecule has 18 heavy (non-hydrogen) atoms. The third-order valence-corrected chi connectivity index (χ3v) is 4.31. The van der Waals surface area contributed by atoms with Crippen LogP contribution in [0.4, 0.5) is 4.79 Å². The van der Waals surface area contributed by atoms with Crippen molar-refractivity contribution in [3.05, 3.63) is 32.1 Å². The summed E-state index contributed by atoms with van der Waals surface area (Å²) in [5.41, 5.74) is 0.937. The highest BCUT2D eigenvalue weighted by atomic mass is 79.9. The fraction of sp³-hybridized carbons (Fsp3) is 0.273. The third kappa shape index (κ3) is 2.41. The number of halogens is 1. The number of methoxy groups -OCH3 is 1. The van der Waals surface area contributed by atoms with Crippen molar-refractivity contribution in [2.24, 2.45) is 0 Å². The zero-order valence-electron chi connectivity index (χ0n) is 9.74. The molecule has 1 atom stereocenters. The van der Waals surface area contributed by atoms with Crippen LogP contribution in [0.3, 0.4) is 0 Å². The van der Waals surface area contributed by atoms with Gasteiger partial charge < -0.3 is 15.4 Å². The Morgan fingerprint density at radius 3 is 2.83 bits per heavy atom. The molecule has 7 heteroatoms. The van der Waals surface area contributed by atoms with Crippen LogP contribution in [0.1, 0.15) is 17.8 Å². The van der Waals surface area contributed by atoms with E-state index in [0.717, 1.165) is 9.35 Å². The number of rotatable bonds is 2. The number of thiophene rings is 1. The summed E-state index contributed by atoms with van der Waals surface area (Å²) in [6, 6.07) is 1.08. The number of urea groups is 1. The highest BCUT2D eigenvalue weighted by Crippen LogP contribution is 2.33. The van der Waals surface area contributed by atoms with Crippen LogP contribution in [0.25, 0.3) is 0 Å². The van der Waals surface area contributed by atoms with Crippen molar-refractivity contribution in [3.63, 3.8) is 0 Å². The number of amides is 2. The van der Waals surface area contributed by atoms with Gasteiger partial charge in [-0.2, -0.15) is 0 Å². The van der Waals surface area contributed by atoms with Crippen LogP contribution in [0.5, 0.6) is 0 Å². The van der Waals surface area contributed by atoms with Crippen LogP contribution in [-0.2, 0) is 9.53 Å². The molecule has 5 nitrogen and oxygen atoms in total. The van der Waals surface area contributed by atoms with Crippen molar-refractivity contribution < 1.29 is 14.3 Å². The van der Waals surface area contributed by atoms with Crippen molar-refractivity contribution in [2.75, 3.05) is 7.11 Å². The predicted molar refractivity (Wildman–Crippen MR) is 71.1 cm³/mol. The van der Waals surface area contributed by atoms with E-state index in [4.69, 9.17) is 4.74 Å². The molecule has 2 rings (SSSR count). The Bertz CT molecular complexity index is 538. The number of nitrogens with one attached hydrogen (secondary N) is 2. The Hall–Kier alpha value is -1.34. The summed E-state index contributed by atoms with van der Waals surface area (Å²) in [6.07, 6.45) is 0. The van der Waals surface area contributed by atoms with Crippen LogP contribution < -0.4 is 10.6 Å². The Balaban J connectivity index is 2.45. The lowest BCUT2D eigenvalue weighted by molar-refractivity contribution is -0.136. The smallest absolute Gasteiger partial charge is 0.338 e. The van der Waals surface area contributed by atoms with Gasteiger partial charge in [-0.05, 0) is 28.9 Å². The highest BCUT2D eigenvalue weighted by molar-refractivity contribution is 9.10. The SMILES string of the molecule is COC(=O)C1=C(C)NC(=O)N[C@H]1c1cc(Br)cs1. The largest absolute Gasteiger partial charge is 0.466 e. The van der Waals surface area contributed by atoms with E-state index in [-0.39, 0.29) is 6.03 Å². The molecule has 0 unspecified atom stereocenters. The molecule has 96 valence electrons. The molecule has 2 amide bonds. The second-order valence-electron chi connectivity index (χ2n) is 3.73. The molecular weight excluding hydrogens is 320 g/mol. The van der Waals surface area contributed by atoms with E-state index in [1.54, 1.807) is 6.92 Å². The Morgan fingerprint density at radius 2 is 2.28 bits per heavy atom. The summed E-state index contributed by atoms with van der Waals surface area (Å²) >= 11 is 4.81. The van der Waals surface area contributed by atoms with E-state index in [0.29, 0.717) is 11.3 Å². The van der Waals surface area contributed by atoms with Crippen LogP contribution in [0.2, 0.25) is 0 Å². The van der Waals surface area contributed by atoms with Gasteiger partial charge in [-0.25, -0.2) is 9.59 Å². The number of hydrogen-bond donors (Lipinski definition) is 2. The lowest BCUT2D eigenvalue weighted by Gasteiger charge is -2.26. The molecular formula is C11H11BrN2O3S. The van der Waals surface area contributed by atoms with Gasteiger partial charge in [0.15, 0.2) is 0 Å². The van der Waals surface area contributed by atoms with Crippen molar-refractivity contribution in [1.82, 2.24) is 10.6 Å². The lowest BCUT2D eigenvalue weighted by Crippen LogP contribution is -2.45. The second-order valence-corrected chi connectivity index (χ2v) is 5.59. The molecule has 0 aromatic carbocycles. The Morgan fingerprint density at radius 1 is 1.56 bits per heavy atom. The number of carbonyl (C=O) groups excluding carboxylic acids is 2. The van der Waals surface area contributed by atoms with Gasteiger partial charge in [0.05, 0.1) is 18.7 Å². The normalized spacial score (nSPS) is 19.3. The quantitative estimate of drug-likeness (QED) is 0.817. The number of carbonyl (C=O) groups is 2. The minimum absolute atomic E-state index is 0.324. The molecule has 0 aliphatic carbocycles. The highest BCUT2D eigenvalue weighted by Gasteiger charge is 2.32. The van der Waals surface area contributed by atoms with Gasteiger partial charge in [0.25, 0.3) is 0 Å². The maximum Gasteiger partial charge on any atom is 0.338 e. The first-order valence-corrected chi connectivity index (χ1v) is 6.80. The standard InChI is InChI=1S/C11H11BrN2O3S/c1-5-8(10(15)17-2)9(14-11(16)13-5)7-3-6(12)4-18-7/h3-4,9H,1-2H3,(H2,13,14,16)/t9-/m0/s1. The summed E-state index contributed by atoms with van der Waals surface area (Å²) < 4.78 is 5.67. The van der Waals surface area contributed by atoms with Gasteiger partial charge >= 0.3 is 12.0 Å². The van der Waals surface area contributed by atoms with Crippen LogP contribution in [0.15, 0.2) is 27.2 Å². The Labute approximate surface area is 116 Å². The van der Waals surface area contributed by atoms with E-state index in [2.05, 4.69) is 26.6 Å². The molecule has 2 N–H and O–H groups in total. The molecule has 1 aliphatic heterocycles. The average Bonchev–Trinajstić information content (AvgIpc) is 2.74. The first-order chi connectivity index (χ1) is 8.52. The molecule has 0 saturated carbocycles. The number of ether oxygens (including phenoxy) is 1. The Kier molecular flexibility index (Phi) is 3.72. The molecule has 0 spiro atoms. The van der Waals surface area contributed by atoms with Gasteiger partial charge in [0, 0.05) is 20.4 Å². The van der Waals surface area contributed by atoms with E-state index < -0.39 is 12.0 Å². The molecule has 0 saturated heterocycles. The van der Waals surface area contributed by atoms with Gasteiger partial charge in [-0.1, -0.05) is 0 Å². The van der Waals surface area contributed by atoms with Gasteiger partial charge in [0.2, 0.25) is 0 Å². The first-order valence-electron chi connectivity index (χ1n) is 5.13. The molecule has 1 aromatic heterocycles. The van der Waals surface area contributed by atoms with Crippen molar-refractivity contribution in [3.8, 4) is 0 Å². The summed E-state index contributed by atoms with van der Waals surface area (Å²) in [4.78, 5) is 24.2. The summed E-state index contributed by atoms with van der Waals surface area (Å²) in [7, 11) is 1.32. The molecule has 1 aliphatic rings. The summed E-state index contributed by atoms with van der Waals surface area (Å²) in [5.74, 6) is -0.450. The van der Waals surface area contributed by atoms with E-state index in [1.165, 1.54) is 18.4 Å². The van der Waals surface area contributed by atoms with E-state index in [1.807, 2.05) is 11.4 Å². The minimum Gasteiger partial charge on any atom is -0.466 e. The summed E-state index contributed by atoms with van der Waals surface area (Å²) in [6.45, 7) is 1.68. The monoisotopic (exact) mass is 330 g/mol. The lowest BCUT2D eigenvalue weighted by atomic mass is 10.0. The molecule has 1 aromatic rings. The average molecular weight is 331 g/mol. The van der Waals surface area contributed by atoms with Crippen molar-refractivity contribution >= 4 is 39.3 Å². The first kappa shape index (κ1) is 13.1. The maximum absolute atomic E-state index is 11.8. The molecule has 2 heterocycles.